The van der Waals surface area contributed by atoms with Gasteiger partial charge < -0.3 is 0 Å². The first-order chi connectivity index (χ1) is 7.19. The Bertz CT molecular complexity index is 386. The van der Waals surface area contributed by atoms with Crippen molar-refractivity contribution >= 4 is 38.9 Å². The van der Waals surface area contributed by atoms with Crippen LogP contribution in [0.15, 0.2) is 6.07 Å². The highest BCUT2D eigenvalue weighted by atomic mass is 79.9. The predicted molar refractivity (Wildman–Crippen MR) is 76.8 cm³/mol. The summed E-state index contributed by atoms with van der Waals surface area (Å²) in [5.74, 6) is 0.689. The lowest BCUT2D eigenvalue weighted by molar-refractivity contribution is 0.457. The van der Waals surface area contributed by atoms with Crippen LogP contribution in [0.5, 0.6) is 0 Å². The highest BCUT2D eigenvalue weighted by Crippen LogP contribution is 2.74. The number of thiophene rings is 1. The lowest BCUT2D eigenvalue weighted by atomic mass is 10.0. The molecular weight excluding hydrogens is 304 g/mol. The van der Waals surface area contributed by atoms with Crippen LogP contribution in [0.3, 0.4) is 0 Å². The zero-order chi connectivity index (χ0) is 12.3. The third kappa shape index (κ3) is 1.69. The fourth-order valence-electron chi connectivity index (χ4n) is 2.76. The predicted octanol–water partition coefficient (Wildman–Crippen LogP) is 5.83. The molecule has 1 heterocycles. The van der Waals surface area contributed by atoms with E-state index in [1.807, 2.05) is 0 Å². The number of alkyl halides is 1. The number of halogens is 2. The van der Waals surface area contributed by atoms with Crippen LogP contribution in [0.2, 0.25) is 4.34 Å². The summed E-state index contributed by atoms with van der Waals surface area (Å²) < 4.78 is 0.927. The van der Waals surface area contributed by atoms with Gasteiger partial charge in [-0.2, -0.15) is 0 Å². The zero-order valence-electron chi connectivity index (χ0n) is 10.4. The molecule has 1 unspecified atom stereocenters. The van der Waals surface area contributed by atoms with Gasteiger partial charge >= 0.3 is 0 Å². The molecule has 1 fully saturated rings. The van der Waals surface area contributed by atoms with Crippen molar-refractivity contribution in [1.82, 2.24) is 0 Å². The molecule has 1 aliphatic carbocycles. The molecule has 1 aromatic heterocycles. The standard InChI is InChI=1S/C13H18BrClS/c1-7-6-8(16-11(7)15)9(14)10-12(2,3)13(10,4)5/h6,9-10H,1-5H3. The van der Waals surface area contributed by atoms with Gasteiger partial charge in [-0.05, 0) is 35.3 Å². The van der Waals surface area contributed by atoms with E-state index in [9.17, 15) is 0 Å². The van der Waals surface area contributed by atoms with Crippen molar-refractivity contribution in [2.24, 2.45) is 16.7 Å². The molecule has 0 aliphatic heterocycles. The van der Waals surface area contributed by atoms with E-state index < -0.39 is 0 Å². The molecule has 90 valence electrons. The van der Waals surface area contributed by atoms with E-state index in [0.29, 0.717) is 21.6 Å². The Labute approximate surface area is 116 Å². The van der Waals surface area contributed by atoms with Gasteiger partial charge in [-0.15, -0.1) is 11.3 Å². The largest absolute Gasteiger partial charge is 0.127 e. The van der Waals surface area contributed by atoms with Crippen molar-refractivity contribution < 1.29 is 0 Å². The number of hydrogen-bond acceptors (Lipinski definition) is 1. The second-order valence-electron chi connectivity index (χ2n) is 5.93. The topological polar surface area (TPSA) is 0 Å². The minimum absolute atomic E-state index is 0.408. The zero-order valence-corrected chi connectivity index (χ0v) is 13.6. The quantitative estimate of drug-likeness (QED) is 0.601. The highest BCUT2D eigenvalue weighted by Gasteiger charge is 2.67. The number of hydrogen-bond donors (Lipinski definition) is 0. The van der Waals surface area contributed by atoms with E-state index in [1.165, 1.54) is 10.4 Å². The second kappa shape index (κ2) is 3.73. The highest BCUT2D eigenvalue weighted by molar-refractivity contribution is 9.09. The van der Waals surface area contributed by atoms with Crippen LogP contribution in [0.1, 0.15) is 43.0 Å². The van der Waals surface area contributed by atoms with E-state index in [4.69, 9.17) is 11.6 Å². The summed E-state index contributed by atoms with van der Waals surface area (Å²) in [6.45, 7) is 11.5. The Morgan fingerprint density at radius 1 is 1.31 bits per heavy atom. The molecule has 0 radical (unpaired) electrons. The van der Waals surface area contributed by atoms with Gasteiger partial charge in [-0.25, -0.2) is 0 Å². The molecule has 0 saturated heterocycles. The molecule has 1 atom stereocenters. The van der Waals surface area contributed by atoms with Crippen LogP contribution in [-0.4, -0.2) is 0 Å². The fraction of sp³-hybridized carbons (Fsp3) is 0.692. The monoisotopic (exact) mass is 320 g/mol. The molecule has 3 heteroatoms. The molecule has 16 heavy (non-hydrogen) atoms. The second-order valence-corrected chi connectivity index (χ2v) is 8.60. The first kappa shape index (κ1) is 12.9. The van der Waals surface area contributed by atoms with E-state index in [-0.39, 0.29) is 0 Å². The smallest absolute Gasteiger partial charge is 0.0960 e. The summed E-state index contributed by atoms with van der Waals surface area (Å²) in [4.78, 5) is 1.81. The summed E-state index contributed by atoms with van der Waals surface area (Å²) >= 11 is 11.7. The molecular formula is C13H18BrClS. The van der Waals surface area contributed by atoms with Crippen molar-refractivity contribution in [3.63, 3.8) is 0 Å². The average molecular weight is 322 g/mol. The molecule has 0 spiro atoms. The van der Waals surface area contributed by atoms with E-state index >= 15 is 0 Å². The van der Waals surface area contributed by atoms with Gasteiger partial charge in [-0.3, -0.25) is 0 Å². The van der Waals surface area contributed by atoms with E-state index in [1.54, 1.807) is 11.3 Å². The molecule has 2 rings (SSSR count). The number of aryl methyl sites for hydroxylation is 1. The van der Waals surface area contributed by atoms with Crippen molar-refractivity contribution in [1.29, 1.82) is 0 Å². The van der Waals surface area contributed by atoms with Gasteiger partial charge in [0.1, 0.15) is 0 Å². The fourth-order valence-corrected chi connectivity index (χ4v) is 5.73. The molecule has 0 nitrogen and oxygen atoms in total. The van der Waals surface area contributed by atoms with E-state index in [0.717, 1.165) is 4.34 Å². The third-order valence-corrected chi connectivity index (χ3v) is 7.54. The summed E-state index contributed by atoms with van der Waals surface area (Å²) in [5.41, 5.74) is 2.01. The van der Waals surface area contributed by atoms with Crippen molar-refractivity contribution in [2.75, 3.05) is 0 Å². The van der Waals surface area contributed by atoms with Gasteiger partial charge in [0.05, 0.1) is 9.16 Å². The minimum Gasteiger partial charge on any atom is -0.127 e. The number of rotatable bonds is 2. The molecule has 0 amide bonds. The normalized spacial score (nSPS) is 24.4. The van der Waals surface area contributed by atoms with Crippen LogP contribution < -0.4 is 0 Å². The lowest BCUT2D eigenvalue weighted by Gasteiger charge is -2.09. The van der Waals surface area contributed by atoms with Gasteiger partial charge in [0.15, 0.2) is 0 Å². The first-order valence-corrected chi connectivity index (χ1v) is 7.70. The van der Waals surface area contributed by atoms with Gasteiger partial charge in [-0.1, -0.05) is 55.2 Å². The maximum absolute atomic E-state index is 6.14. The van der Waals surface area contributed by atoms with Crippen LogP contribution in [0, 0.1) is 23.7 Å². The van der Waals surface area contributed by atoms with Crippen LogP contribution in [0.25, 0.3) is 0 Å². The van der Waals surface area contributed by atoms with Crippen LogP contribution in [-0.2, 0) is 0 Å². The van der Waals surface area contributed by atoms with Gasteiger partial charge in [0.25, 0.3) is 0 Å². The Morgan fingerprint density at radius 2 is 1.81 bits per heavy atom. The van der Waals surface area contributed by atoms with Crippen LogP contribution in [0.4, 0.5) is 0 Å². The van der Waals surface area contributed by atoms with Gasteiger partial charge in [0, 0.05) is 4.88 Å². The molecule has 0 bridgehead atoms. The first-order valence-electron chi connectivity index (χ1n) is 5.59. The maximum Gasteiger partial charge on any atom is 0.0960 e. The molecule has 0 N–H and O–H groups in total. The average Bonchev–Trinajstić information content (AvgIpc) is 2.39. The summed E-state index contributed by atoms with van der Waals surface area (Å²) in [7, 11) is 0. The van der Waals surface area contributed by atoms with Crippen LogP contribution >= 0.6 is 38.9 Å². The third-order valence-electron chi connectivity index (χ3n) is 4.57. The molecule has 1 saturated carbocycles. The Kier molecular flexibility index (Phi) is 3.01. The molecule has 0 aromatic carbocycles. The summed E-state index contributed by atoms with van der Waals surface area (Å²) in [6, 6.07) is 2.22. The van der Waals surface area contributed by atoms with Crippen molar-refractivity contribution in [3.8, 4) is 0 Å². The minimum atomic E-state index is 0.408. The molecule has 1 aliphatic rings. The lowest BCUT2D eigenvalue weighted by Crippen LogP contribution is -1.96. The van der Waals surface area contributed by atoms with E-state index in [2.05, 4.69) is 56.6 Å². The Hall–Kier alpha value is 0.470. The van der Waals surface area contributed by atoms with Crippen molar-refractivity contribution in [2.45, 2.75) is 39.4 Å². The van der Waals surface area contributed by atoms with Crippen molar-refractivity contribution in [3.05, 3.63) is 20.8 Å². The maximum atomic E-state index is 6.14. The van der Waals surface area contributed by atoms with Gasteiger partial charge in [0.2, 0.25) is 0 Å². The Balaban J connectivity index is 2.25. The summed E-state index contributed by atoms with van der Waals surface area (Å²) in [6.07, 6.45) is 0. The molecule has 1 aromatic rings. The summed E-state index contributed by atoms with van der Waals surface area (Å²) in [5, 5.41) is 0. The SMILES string of the molecule is Cc1cc(C(Br)C2C(C)(C)C2(C)C)sc1Cl. The Morgan fingerprint density at radius 3 is 2.12 bits per heavy atom.